The molecule has 1 aliphatic rings. The maximum absolute atomic E-state index is 6.45. The largest absolute Gasteiger partial charge is 0.494 e. The van der Waals surface area contributed by atoms with Gasteiger partial charge in [-0.25, -0.2) is 19.9 Å². The number of aromatic nitrogens is 6. The molecule has 108 heavy (non-hydrogen) atoms. The second-order valence-electron chi connectivity index (χ2n) is 27.7. The van der Waals surface area contributed by atoms with Gasteiger partial charge in [-0.05, 0) is 148 Å². The molecule has 4 aromatic heterocycles. The molecule has 0 N–H and O–H groups in total. The van der Waals surface area contributed by atoms with E-state index in [4.69, 9.17) is 35.9 Å². The first-order valence-corrected chi connectivity index (χ1v) is 38.1. The molecule has 5 heterocycles. The van der Waals surface area contributed by atoms with Crippen LogP contribution in [0.2, 0.25) is 5.28 Å². The molecule has 0 saturated carbocycles. The summed E-state index contributed by atoms with van der Waals surface area (Å²) in [5.41, 5.74) is 18.9. The van der Waals surface area contributed by atoms with Gasteiger partial charge in [-0.15, -0.1) is 22.7 Å². The van der Waals surface area contributed by atoms with Crippen molar-refractivity contribution in [2.24, 2.45) is 0 Å². The predicted molar refractivity (Wildman–Crippen MR) is 452 cm³/mol. The lowest BCUT2D eigenvalue weighted by Gasteiger charge is -2.32. The van der Waals surface area contributed by atoms with Gasteiger partial charge in [0, 0.05) is 68.2 Å². The Hall–Kier alpha value is -12.2. The van der Waals surface area contributed by atoms with Crippen LogP contribution in [-0.4, -0.2) is 48.2 Å². The number of halogens is 1. The molecule has 8 nitrogen and oxygen atoms in total. The van der Waals surface area contributed by atoms with Crippen LogP contribution in [-0.2, 0) is 9.31 Å². The monoisotopic (exact) mass is 1450 g/mol. The Labute approximate surface area is 641 Å². The molecule has 0 aliphatic carbocycles. The molecule has 0 unspecified atom stereocenters. The predicted octanol–water partition coefficient (Wildman–Crippen LogP) is 25.5. The Bertz CT molecular complexity index is 6230. The van der Waals surface area contributed by atoms with E-state index in [1.807, 2.05) is 108 Å². The normalized spacial score (nSPS) is 12.9. The van der Waals surface area contributed by atoms with E-state index < -0.39 is 7.12 Å². The smallest absolute Gasteiger partial charge is 0.399 e. The van der Waals surface area contributed by atoms with Gasteiger partial charge >= 0.3 is 7.12 Å². The Morgan fingerprint density at radius 3 is 0.926 bits per heavy atom. The summed E-state index contributed by atoms with van der Waals surface area (Å²) in [5, 5.41) is 5.38. The zero-order valence-corrected chi connectivity index (χ0v) is 62.1. The van der Waals surface area contributed by atoms with E-state index in [1.165, 1.54) is 79.3 Å². The number of benzene rings is 14. The summed E-state index contributed by atoms with van der Waals surface area (Å²) < 4.78 is 18.1. The number of thiophene rings is 2. The van der Waals surface area contributed by atoms with Crippen molar-refractivity contribution in [3.8, 4) is 124 Å². The highest BCUT2D eigenvalue weighted by molar-refractivity contribution is 7.26. The highest BCUT2D eigenvalue weighted by atomic mass is 35.5. The molecule has 0 bridgehead atoms. The quantitative estimate of drug-likeness (QED) is 0.112. The molecular weight excluding hydrogens is 1380 g/mol. The fraction of sp³-hybridized carbons (Fsp3) is 0.0625. The summed E-state index contributed by atoms with van der Waals surface area (Å²) in [6.07, 6.45) is 0. The second kappa shape index (κ2) is 30.0. The Kier molecular flexibility index (Phi) is 19.1. The van der Waals surface area contributed by atoms with Crippen LogP contribution < -0.4 is 5.46 Å². The first kappa shape index (κ1) is 68.9. The molecule has 0 amide bonds. The standard InChI is InChI=1S/C45H29N3S.C30H27BO2S.C21H14ClN3/c1-4-13-30(14-5-1)32-23-25-34(26-24-32)44-46-43(33-17-8-3-9-18-33)47-45(48-44)37-28-35(31-15-6-2-7-16-31)27-36(29-37)38-20-12-21-40-39-19-10-11-22-41(39)49-42(38)40;1-29(2)30(3,4)33-31(32-29)23-18-21(20-11-6-5-7-12-20)17-22(19-23)24-14-10-15-26-25-13-8-9-16-27(25)34-28(24)26;22-21-24-19(17-9-5-2-6-10-17)23-20(25-21)18-13-11-16(12-14-18)15-7-3-1-4-8-15/h1-29H;5-19H,1-4H3;1-14H. The number of hydrogen-bond donors (Lipinski definition) is 0. The van der Waals surface area contributed by atoms with Gasteiger partial charge in [-0.1, -0.05) is 315 Å². The number of rotatable bonds is 12. The van der Waals surface area contributed by atoms with Crippen molar-refractivity contribution in [2.45, 2.75) is 38.9 Å². The minimum absolute atomic E-state index is 0.191. The van der Waals surface area contributed by atoms with Gasteiger partial charge in [0.1, 0.15) is 0 Å². The molecule has 19 rings (SSSR count). The van der Waals surface area contributed by atoms with Crippen molar-refractivity contribution >= 4 is 87.2 Å². The molecule has 12 heteroatoms. The first-order valence-electron chi connectivity index (χ1n) is 36.1. The molecule has 0 radical (unpaired) electrons. The summed E-state index contributed by atoms with van der Waals surface area (Å²) in [4.78, 5) is 28.4. The van der Waals surface area contributed by atoms with Crippen LogP contribution in [0.15, 0.2) is 352 Å². The van der Waals surface area contributed by atoms with Crippen LogP contribution in [0.1, 0.15) is 27.7 Å². The number of nitrogens with zero attached hydrogens (tertiary/aromatic N) is 6. The van der Waals surface area contributed by atoms with E-state index in [0.29, 0.717) is 29.1 Å². The summed E-state index contributed by atoms with van der Waals surface area (Å²) in [6, 6.07) is 122. The van der Waals surface area contributed by atoms with Gasteiger partial charge in [0.15, 0.2) is 29.1 Å². The van der Waals surface area contributed by atoms with Crippen molar-refractivity contribution in [3.05, 3.63) is 357 Å². The van der Waals surface area contributed by atoms with Gasteiger partial charge in [0.05, 0.1) is 11.2 Å². The van der Waals surface area contributed by atoms with Crippen LogP contribution >= 0.6 is 34.3 Å². The SMILES string of the molecule is CC1(C)OB(c2cc(-c3ccccc3)cc(-c3cccc4c3sc3ccccc34)c2)OC1(C)C.Clc1nc(-c2ccccc2)nc(-c2ccc(-c3ccccc3)cc2)n1.c1ccc(-c2ccc(-c3nc(-c4ccccc4)nc(-c4cc(-c5ccccc5)cc(-c5cccc6c5sc5ccccc56)c4)n3)cc2)cc1. The maximum Gasteiger partial charge on any atom is 0.494 e. The minimum Gasteiger partial charge on any atom is -0.399 e. The Morgan fingerprint density at radius 2 is 0.519 bits per heavy atom. The second-order valence-corrected chi connectivity index (χ2v) is 30.1. The molecule has 0 atom stereocenters. The average molecular weight is 1450 g/mol. The van der Waals surface area contributed by atoms with Crippen molar-refractivity contribution in [1.29, 1.82) is 0 Å². The van der Waals surface area contributed by atoms with Crippen LogP contribution in [0.3, 0.4) is 0 Å². The lowest BCUT2D eigenvalue weighted by molar-refractivity contribution is 0.00578. The van der Waals surface area contributed by atoms with Gasteiger partial charge in [0.25, 0.3) is 0 Å². The van der Waals surface area contributed by atoms with Gasteiger partial charge in [-0.2, -0.15) is 9.97 Å². The Balaban J connectivity index is 0.000000126. The third kappa shape index (κ3) is 14.4. The van der Waals surface area contributed by atoms with Crippen molar-refractivity contribution in [2.75, 3.05) is 0 Å². The minimum atomic E-state index is -0.408. The van der Waals surface area contributed by atoms with E-state index in [0.717, 1.165) is 61.1 Å². The van der Waals surface area contributed by atoms with E-state index in [9.17, 15) is 0 Å². The topological polar surface area (TPSA) is 95.8 Å². The summed E-state index contributed by atoms with van der Waals surface area (Å²) >= 11 is 9.82. The first-order chi connectivity index (χ1) is 52.9. The molecular formula is C96H70BClN6O2S2. The van der Waals surface area contributed by atoms with Crippen molar-refractivity contribution in [3.63, 3.8) is 0 Å². The van der Waals surface area contributed by atoms with E-state index >= 15 is 0 Å². The molecule has 1 aliphatic heterocycles. The molecule has 14 aromatic carbocycles. The van der Waals surface area contributed by atoms with Gasteiger partial charge in [0.2, 0.25) is 5.28 Å². The molecule has 18 aromatic rings. The molecule has 518 valence electrons. The van der Waals surface area contributed by atoms with E-state index in [2.05, 4.69) is 310 Å². The number of fused-ring (bicyclic) bond motifs is 6. The summed E-state index contributed by atoms with van der Waals surface area (Å²) in [6.45, 7) is 8.42. The van der Waals surface area contributed by atoms with Crippen LogP contribution in [0.4, 0.5) is 0 Å². The zero-order chi connectivity index (χ0) is 73.1. The maximum atomic E-state index is 6.45. The van der Waals surface area contributed by atoms with Gasteiger partial charge < -0.3 is 9.31 Å². The highest BCUT2D eigenvalue weighted by Crippen LogP contribution is 2.45. The lowest BCUT2D eigenvalue weighted by Crippen LogP contribution is -2.41. The lowest BCUT2D eigenvalue weighted by atomic mass is 9.76. The summed E-state index contributed by atoms with van der Waals surface area (Å²) in [7, 11) is -0.408. The molecule has 0 spiro atoms. The number of hydrogen-bond acceptors (Lipinski definition) is 10. The third-order valence-corrected chi connectivity index (χ3v) is 22.7. The van der Waals surface area contributed by atoms with Crippen LogP contribution in [0.5, 0.6) is 0 Å². The van der Waals surface area contributed by atoms with E-state index in [-0.39, 0.29) is 16.5 Å². The molecule has 1 fully saturated rings. The highest BCUT2D eigenvalue weighted by Gasteiger charge is 2.52. The Morgan fingerprint density at radius 1 is 0.250 bits per heavy atom. The fourth-order valence-corrected chi connectivity index (χ4v) is 16.4. The van der Waals surface area contributed by atoms with E-state index in [1.54, 1.807) is 0 Å². The van der Waals surface area contributed by atoms with Crippen molar-refractivity contribution < 1.29 is 9.31 Å². The van der Waals surface area contributed by atoms with Gasteiger partial charge in [-0.3, -0.25) is 0 Å². The summed E-state index contributed by atoms with van der Waals surface area (Å²) in [5.74, 6) is 3.06. The van der Waals surface area contributed by atoms with Crippen LogP contribution in [0.25, 0.3) is 164 Å². The average Bonchev–Trinajstić information content (AvgIpc) is 1.59. The molecule has 1 saturated heterocycles. The zero-order valence-electron chi connectivity index (χ0n) is 59.8. The van der Waals surface area contributed by atoms with Crippen molar-refractivity contribution in [1.82, 2.24) is 29.9 Å². The third-order valence-electron chi connectivity index (χ3n) is 20.1. The van der Waals surface area contributed by atoms with Crippen LogP contribution in [0, 0.1) is 0 Å². The fourth-order valence-electron chi connectivity index (χ4n) is 13.8.